The van der Waals surface area contributed by atoms with Crippen molar-refractivity contribution < 1.29 is 34.5 Å². The lowest BCUT2D eigenvalue weighted by Crippen LogP contribution is -2.75. The predicted octanol–water partition coefficient (Wildman–Crippen LogP) is 0.312. The molecule has 3 aliphatic carbocycles. The Morgan fingerprint density at radius 3 is 2.34 bits per heavy atom. The zero-order chi connectivity index (χ0) is 27.9. The second-order valence-electron chi connectivity index (χ2n) is 11.1. The Labute approximate surface area is 219 Å². The number of benzene rings is 1. The highest BCUT2D eigenvalue weighted by molar-refractivity contribution is 6.33. The normalized spacial score (nSPS) is 28.8. The van der Waals surface area contributed by atoms with E-state index < -0.39 is 57.5 Å². The maximum Gasteiger partial charge on any atom is 0.257 e. The molecule has 0 aromatic heterocycles. The third kappa shape index (κ3) is 3.27. The molecule has 0 spiro atoms. The van der Waals surface area contributed by atoms with E-state index in [1.54, 1.807) is 30.0 Å². The standard InChI is InChI=1S/C27H32N4O7/c1-12-10-26(29)11-13-8-14-16(30(2)3)9-15(25(37)31-6-4-5-7-31)20(32)19(14)21(33)18(13)23(35)27(26,38)22(34)17(12)24(28)36/h9,13,32-33,38H,4-8,10-11,29H2,1-3H3,(H2,28,36)/t13?,26-,27+/m0/s1. The van der Waals surface area contributed by atoms with Gasteiger partial charge in [0.25, 0.3) is 11.8 Å². The largest absolute Gasteiger partial charge is 0.507 e. The average Bonchev–Trinajstić information content (AvgIpc) is 3.36. The lowest BCUT2D eigenvalue weighted by Gasteiger charge is -2.52. The van der Waals surface area contributed by atoms with Gasteiger partial charge in [-0.05, 0) is 56.6 Å². The molecular formula is C27H32N4O7. The van der Waals surface area contributed by atoms with Gasteiger partial charge in [-0.3, -0.25) is 19.2 Å². The SMILES string of the molecule is CC1=C(C(N)=O)C(=O)[C@@]2(O)C(=O)C3=C(O)c4c(O)c(C(=O)N5CCCC5)cc(N(C)C)c4CC3C[C@@]2(N)C1. The first-order valence-electron chi connectivity index (χ1n) is 12.6. The van der Waals surface area contributed by atoms with Crippen LogP contribution in [-0.2, 0) is 20.8 Å². The molecule has 0 bridgehead atoms. The number of ketones is 2. The van der Waals surface area contributed by atoms with Crippen molar-refractivity contribution in [2.75, 3.05) is 32.1 Å². The Morgan fingerprint density at radius 2 is 1.76 bits per heavy atom. The number of hydrogen-bond donors (Lipinski definition) is 5. The predicted molar refractivity (Wildman–Crippen MR) is 137 cm³/mol. The Balaban J connectivity index is 1.71. The minimum Gasteiger partial charge on any atom is -0.507 e. The fourth-order valence-electron chi connectivity index (χ4n) is 6.75. The first-order chi connectivity index (χ1) is 17.7. The third-order valence-corrected chi connectivity index (χ3v) is 8.55. The van der Waals surface area contributed by atoms with Gasteiger partial charge in [0.1, 0.15) is 11.5 Å². The number of carbonyl (C=O) groups is 4. The number of anilines is 1. The number of hydrogen-bond acceptors (Lipinski definition) is 9. The molecule has 38 heavy (non-hydrogen) atoms. The number of phenols is 1. The molecule has 3 atom stereocenters. The molecule has 5 rings (SSSR count). The van der Waals surface area contributed by atoms with Crippen molar-refractivity contribution in [1.29, 1.82) is 0 Å². The number of nitrogens with zero attached hydrogens (tertiary/aromatic N) is 2. The molecule has 4 aliphatic rings. The van der Waals surface area contributed by atoms with Crippen LogP contribution in [0.5, 0.6) is 5.75 Å². The molecule has 0 radical (unpaired) electrons. The van der Waals surface area contributed by atoms with Crippen LogP contribution in [0.2, 0.25) is 0 Å². The molecule has 7 N–H and O–H groups in total. The molecule has 1 aliphatic heterocycles. The van der Waals surface area contributed by atoms with Crippen molar-refractivity contribution in [1.82, 2.24) is 4.90 Å². The number of likely N-dealkylation sites (tertiary alicyclic amines) is 1. The molecule has 11 heteroatoms. The maximum atomic E-state index is 13.9. The summed E-state index contributed by atoms with van der Waals surface area (Å²) in [6.07, 6.45) is 1.68. The summed E-state index contributed by atoms with van der Waals surface area (Å²) < 4.78 is 0. The van der Waals surface area contributed by atoms with E-state index in [-0.39, 0.29) is 41.5 Å². The lowest BCUT2D eigenvalue weighted by atomic mass is 9.54. The van der Waals surface area contributed by atoms with Crippen molar-refractivity contribution >= 4 is 34.8 Å². The second-order valence-corrected chi connectivity index (χ2v) is 11.1. The number of Topliss-reactive ketones (excluding diaryl/α,β-unsaturated/α-hetero) is 2. The first kappa shape index (κ1) is 25.9. The van der Waals surface area contributed by atoms with Crippen molar-refractivity contribution in [3.8, 4) is 5.75 Å². The minimum atomic E-state index is -2.82. The molecule has 1 aromatic carbocycles. The number of aromatic hydroxyl groups is 1. The quantitative estimate of drug-likeness (QED) is 0.274. The molecule has 11 nitrogen and oxygen atoms in total. The third-order valence-electron chi connectivity index (χ3n) is 8.55. The number of amides is 2. The van der Waals surface area contributed by atoms with Gasteiger partial charge in [0.15, 0.2) is 0 Å². The summed E-state index contributed by atoms with van der Waals surface area (Å²) in [6.45, 7) is 2.60. The van der Waals surface area contributed by atoms with Gasteiger partial charge < -0.3 is 36.6 Å². The lowest BCUT2D eigenvalue weighted by molar-refractivity contribution is -0.160. The van der Waals surface area contributed by atoms with Gasteiger partial charge >= 0.3 is 0 Å². The summed E-state index contributed by atoms with van der Waals surface area (Å²) in [4.78, 5) is 55.9. The first-order valence-corrected chi connectivity index (χ1v) is 12.6. The number of primary amides is 1. The summed E-state index contributed by atoms with van der Waals surface area (Å²) in [5, 5.41) is 34.3. The average molecular weight is 525 g/mol. The number of fused-ring (bicyclic) bond motifs is 3. The van der Waals surface area contributed by atoms with Crippen LogP contribution in [0.1, 0.15) is 54.1 Å². The number of carbonyl (C=O) groups excluding carboxylic acids is 4. The molecule has 2 amide bonds. The Bertz CT molecular complexity index is 1390. The van der Waals surface area contributed by atoms with E-state index >= 15 is 0 Å². The molecule has 1 aromatic rings. The van der Waals surface area contributed by atoms with Crippen LogP contribution in [0.25, 0.3) is 5.76 Å². The fraction of sp³-hybridized carbons (Fsp3) is 0.481. The number of aliphatic hydroxyl groups is 2. The van der Waals surface area contributed by atoms with E-state index in [0.29, 0.717) is 24.3 Å². The summed E-state index contributed by atoms with van der Waals surface area (Å²) in [5.74, 6) is -5.57. The van der Waals surface area contributed by atoms with Gasteiger partial charge in [-0.25, -0.2) is 0 Å². The highest BCUT2D eigenvalue weighted by Gasteiger charge is 2.67. The van der Waals surface area contributed by atoms with E-state index in [1.807, 2.05) is 0 Å². The van der Waals surface area contributed by atoms with Crippen molar-refractivity contribution in [3.63, 3.8) is 0 Å². The highest BCUT2D eigenvalue weighted by Crippen LogP contribution is 2.54. The van der Waals surface area contributed by atoms with E-state index in [9.17, 15) is 34.5 Å². The van der Waals surface area contributed by atoms with Crippen LogP contribution in [-0.4, -0.2) is 81.9 Å². The number of nitrogens with two attached hydrogens (primary N) is 2. The summed E-state index contributed by atoms with van der Waals surface area (Å²) in [5.41, 5.74) is 7.95. The number of rotatable bonds is 3. The fourth-order valence-corrected chi connectivity index (χ4v) is 6.75. The monoisotopic (exact) mass is 524 g/mol. The Hall–Kier alpha value is -3.70. The van der Waals surface area contributed by atoms with Crippen LogP contribution >= 0.6 is 0 Å². The molecule has 1 saturated heterocycles. The smallest absolute Gasteiger partial charge is 0.257 e. The van der Waals surface area contributed by atoms with Crippen molar-refractivity contribution in [2.24, 2.45) is 17.4 Å². The summed E-state index contributed by atoms with van der Waals surface area (Å²) in [6, 6.07) is 1.59. The molecular weight excluding hydrogens is 492 g/mol. The van der Waals surface area contributed by atoms with Gasteiger partial charge in [-0.15, -0.1) is 0 Å². The topological polar surface area (TPSA) is 187 Å². The van der Waals surface area contributed by atoms with Gasteiger partial charge in [0.2, 0.25) is 17.2 Å². The summed E-state index contributed by atoms with van der Waals surface area (Å²) in [7, 11) is 3.53. The van der Waals surface area contributed by atoms with Gasteiger partial charge in [-0.2, -0.15) is 0 Å². The van der Waals surface area contributed by atoms with Crippen LogP contribution in [0.4, 0.5) is 5.69 Å². The second kappa shape index (κ2) is 8.40. The van der Waals surface area contributed by atoms with Crippen LogP contribution in [0.3, 0.4) is 0 Å². The number of phenolic OH excluding ortho intramolecular Hbond substituents is 1. The van der Waals surface area contributed by atoms with E-state index in [1.165, 1.54) is 6.92 Å². The molecule has 1 heterocycles. The van der Waals surface area contributed by atoms with Gasteiger partial charge in [0, 0.05) is 38.4 Å². The van der Waals surface area contributed by atoms with E-state index in [0.717, 1.165) is 12.8 Å². The highest BCUT2D eigenvalue weighted by atomic mass is 16.3. The van der Waals surface area contributed by atoms with Crippen molar-refractivity contribution in [2.45, 2.75) is 50.2 Å². The van der Waals surface area contributed by atoms with Crippen LogP contribution in [0, 0.1) is 5.92 Å². The summed E-state index contributed by atoms with van der Waals surface area (Å²) >= 11 is 0. The van der Waals surface area contributed by atoms with Gasteiger partial charge in [0.05, 0.1) is 22.2 Å². The van der Waals surface area contributed by atoms with Crippen LogP contribution < -0.4 is 16.4 Å². The van der Waals surface area contributed by atoms with Gasteiger partial charge in [-0.1, -0.05) is 5.57 Å². The minimum absolute atomic E-state index is 0.0154. The molecule has 1 saturated carbocycles. The zero-order valence-electron chi connectivity index (χ0n) is 21.6. The molecule has 1 unspecified atom stereocenters. The number of aliphatic hydroxyl groups excluding tert-OH is 1. The Morgan fingerprint density at radius 1 is 1.13 bits per heavy atom. The Kier molecular flexibility index (Phi) is 5.73. The van der Waals surface area contributed by atoms with Crippen LogP contribution in [0.15, 0.2) is 22.8 Å². The molecule has 2 fully saturated rings. The van der Waals surface area contributed by atoms with E-state index in [2.05, 4.69) is 0 Å². The maximum absolute atomic E-state index is 13.9. The molecule has 202 valence electrons. The van der Waals surface area contributed by atoms with E-state index in [4.69, 9.17) is 11.5 Å². The van der Waals surface area contributed by atoms with Crippen molar-refractivity contribution in [3.05, 3.63) is 39.5 Å². The zero-order valence-corrected chi connectivity index (χ0v) is 21.6.